The minimum absolute atomic E-state index is 0.0278. The summed E-state index contributed by atoms with van der Waals surface area (Å²) >= 11 is 0. The minimum atomic E-state index is -0.381. The number of carbonyl (C=O) groups is 2. The van der Waals surface area contributed by atoms with Gasteiger partial charge in [0, 0.05) is 90.7 Å². The number of aromatic hydroxyl groups is 1. The van der Waals surface area contributed by atoms with Crippen LogP contribution >= 0.6 is 0 Å². The summed E-state index contributed by atoms with van der Waals surface area (Å²) in [4.78, 5) is 33.6. The van der Waals surface area contributed by atoms with Gasteiger partial charge in [0.2, 0.25) is 5.91 Å². The Labute approximate surface area is 344 Å². The summed E-state index contributed by atoms with van der Waals surface area (Å²) in [5, 5.41) is 22.3. The van der Waals surface area contributed by atoms with Crippen LogP contribution in [0.1, 0.15) is 69.8 Å². The molecular formula is C45H55N7O7. The van der Waals surface area contributed by atoms with Crippen molar-refractivity contribution in [1.29, 1.82) is 0 Å². The van der Waals surface area contributed by atoms with Crippen molar-refractivity contribution < 1.29 is 33.6 Å². The van der Waals surface area contributed by atoms with E-state index >= 15 is 0 Å². The van der Waals surface area contributed by atoms with Gasteiger partial charge in [-0.2, -0.15) is 0 Å². The fourth-order valence-electron chi connectivity index (χ4n) is 7.67. The molecule has 7 rings (SSSR count). The lowest BCUT2D eigenvalue weighted by atomic mass is 9.95. The van der Waals surface area contributed by atoms with Gasteiger partial charge in [0.25, 0.3) is 5.91 Å². The van der Waals surface area contributed by atoms with Crippen LogP contribution < -0.4 is 16.0 Å². The van der Waals surface area contributed by atoms with Gasteiger partial charge in [-0.15, -0.1) is 0 Å². The Morgan fingerprint density at radius 3 is 2.46 bits per heavy atom. The number of para-hydroxylation sites is 1. The zero-order valence-electron chi connectivity index (χ0n) is 33.9. The van der Waals surface area contributed by atoms with Gasteiger partial charge in [-0.05, 0) is 66.8 Å². The van der Waals surface area contributed by atoms with Gasteiger partial charge < -0.3 is 54.1 Å². The third-order valence-corrected chi connectivity index (χ3v) is 10.5. The van der Waals surface area contributed by atoms with Crippen LogP contribution in [-0.4, -0.2) is 95.4 Å². The lowest BCUT2D eigenvalue weighted by Gasteiger charge is -2.15. The maximum Gasteiger partial charge on any atom is 0.252 e. The molecule has 6 aromatic rings. The van der Waals surface area contributed by atoms with Gasteiger partial charge in [0.05, 0.1) is 70.9 Å². The van der Waals surface area contributed by atoms with Crippen molar-refractivity contribution in [2.24, 2.45) is 7.05 Å². The van der Waals surface area contributed by atoms with Crippen LogP contribution in [0.25, 0.3) is 21.8 Å². The van der Waals surface area contributed by atoms with Gasteiger partial charge in [-0.3, -0.25) is 9.59 Å². The normalized spacial score (nSPS) is 13.7. The van der Waals surface area contributed by atoms with Crippen LogP contribution in [0.2, 0.25) is 0 Å². The van der Waals surface area contributed by atoms with Crippen molar-refractivity contribution in [2.45, 2.75) is 51.9 Å². The molecule has 0 radical (unpaired) electrons. The second-order valence-electron chi connectivity index (χ2n) is 14.7. The molecule has 1 aliphatic heterocycles. The highest BCUT2D eigenvalue weighted by molar-refractivity contribution is 6.01. The van der Waals surface area contributed by atoms with Gasteiger partial charge >= 0.3 is 0 Å². The average molecular weight is 806 g/mol. The molecule has 0 saturated heterocycles. The van der Waals surface area contributed by atoms with Crippen molar-refractivity contribution >= 4 is 33.6 Å². The highest BCUT2D eigenvalue weighted by atomic mass is 16.6. The van der Waals surface area contributed by atoms with Crippen molar-refractivity contribution in [1.82, 2.24) is 35.1 Å². The Kier molecular flexibility index (Phi) is 14.4. The first-order chi connectivity index (χ1) is 28.9. The van der Waals surface area contributed by atoms with Gasteiger partial charge in [-0.25, -0.2) is 4.98 Å². The molecule has 0 fully saturated rings. The number of ether oxygens (including phenoxy) is 4. The Bertz CT molecular complexity index is 2330. The van der Waals surface area contributed by atoms with Crippen LogP contribution in [0, 0.1) is 0 Å². The minimum Gasteiger partial charge on any atom is -0.508 e. The summed E-state index contributed by atoms with van der Waals surface area (Å²) < 4.78 is 25.9. The summed E-state index contributed by atoms with van der Waals surface area (Å²) in [6.45, 7) is 8.42. The molecular weight excluding hydrogens is 751 g/mol. The van der Waals surface area contributed by atoms with E-state index in [1.54, 1.807) is 18.2 Å². The zero-order valence-corrected chi connectivity index (χ0v) is 33.9. The third kappa shape index (κ3) is 10.8. The Balaban J connectivity index is 0.932. The standard InChI is InChI=1S/C45H55N7O7/c1-3-56-17-18-58-21-22-59-20-19-57-16-14-42(54)47-15-6-7-32-27-52(29-33-28-51(2)30-48-33)41-23-31(10-12-35(32)41)25-46-26-40-43(37-8-4-5-9-39(37)49-40)44-38-24-34(53)11-13-36(38)45(55)50-44/h4-5,8-13,23-24,27-28,30,44,46,49,53H,3,6-7,14-22,25-26,29H2,1-2H3,(H,47,54)(H,50,55). The molecule has 0 saturated carbocycles. The number of nitrogens with zero attached hydrogens (tertiary/aromatic N) is 3. The topological polar surface area (TPSA) is 166 Å². The number of phenols is 1. The SMILES string of the molecule is CCOCCOCCOCCOCCC(=O)NCCCc1cn(Cc2cn(C)cn2)c2cc(CNCc3[nH]c4ccccc4c3C3NC(=O)c4ccc(O)cc43)ccc12. The summed E-state index contributed by atoms with van der Waals surface area (Å²) in [5.41, 5.74) is 8.76. The molecule has 1 atom stereocenters. The molecule has 5 N–H and O–H groups in total. The lowest BCUT2D eigenvalue weighted by molar-refractivity contribution is -0.122. The molecule has 2 amide bonds. The third-order valence-electron chi connectivity index (χ3n) is 10.5. The van der Waals surface area contributed by atoms with Crippen LogP contribution in [0.5, 0.6) is 5.75 Å². The molecule has 4 heterocycles. The number of fused-ring (bicyclic) bond motifs is 3. The fraction of sp³-hybridized carbons (Fsp3) is 0.400. The number of phenolic OH excluding ortho intramolecular Hbond substituents is 1. The molecule has 14 heteroatoms. The van der Waals surface area contributed by atoms with E-state index in [0.29, 0.717) is 91.0 Å². The van der Waals surface area contributed by atoms with Crippen molar-refractivity contribution in [2.75, 3.05) is 59.4 Å². The number of H-pyrrole nitrogens is 1. The van der Waals surface area contributed by atoms with Gasteiger partial charge in [-0.1, -0.05) is 30.3 Å². The van der Waals surface area contributed by atoms with Crippen LogP contribution in [0.3, 0.4) is 0 Å². The number of aromatic nitrogens is 4. The van der Waals surface area contributed by atoms with E-state index in [4.69, 9.17) is 18.9 Å². The molecule has 59 heavy (non-hydrogen) atoms. The second kappa shape index (κ2) is 20.5. The van der Waals surface area contributed by atoms with Gasteiger partial charge in [0.15, 0.2) is 0 Å². The maximum absolute atomic E-state index is 12.9. The van der Waals surface area contributed by atoms with Gasteiger partial charge in [0.1, 0.15) is 5.75 Å². The predicted molar refractivity (Wildman–Crippen MR) is 225 cm³/mol. The molecule has 3 aromatic heterocycles. The first-order valence-corrected chi connectivity index (χ1v) is 20.5. The smallest absolute Gasteiger partial charge is 0.252 e. The number of rotatable bonds is 24. The Morgan fingerprint density at radius 2 is 1.68 bits per heavy atom. The number of imidazole rings is 1. The zero-order chi connectivity index (χ0) is 41.0. The van der Waals surface area contributed by atoms with E-state index in [1.807, 2.05) is 49.3 Å². The first kappa shape index (κ1) is 41.6. The van der Waals surface area contributed by atoms with E-state index in [-0.39, 0.29) is 23.6 Å². The molecule has 14 nitrogen and oxygen atoms in total. The predicted octanol–water partition coefficient (Wildman–Crippen LogP) is 5.26. The largest absolute Gasteiger partial charge is 0.508 e. The lowest BCUT2D eigenvalue weighted by Crippen LogP contribution is -2.26. The van der Waals surface area contributed by atoms with E-state index in [2.05, 4.69) is 60.9 Å². The molecule has 312 valence electrons. The number of benzene rings is 3. The number of aryl methyl sites for hydroxylation is 2. The molecule has 0 aliphatic carbocycles. The summed E-state index contributed by atoms with van der Waals surface area (Å²) in [5.74, 6) is -0.0449. The van der Waals surface area contributed by atoms with Crippen LogP contribution in [0.15, 0.2) is 79.4 Å². The van der Waals surface area contributed by atoms with Crippen molar-refractivity contribution in [3.05, 3.63) is 119 Å². The quantitative estimate of drug-likeness (QED) is 0.0514. The van der Waals surface area contributed by atoms with E-state index in [1.165, 1.54) is 10.9 Å². The summed E-state index contributed by atoms with van der Waals surface area (Å²) in [6, 6.07) is 19.2. The number of nitrogens with one attached hydrogen (secondary N) is 4. The second-order valence-corrected chi connectivity index (χ2v) is 14.7. The van der Waals surface area contributed by atoms with E-state index < -0.39 is 0 Å². The van der Waals surface area contributed by atoms with Crippen molar-refractivity contribution in [3.8, 4) is 5.75 Å². The monoisotopic (exact) mass is 805 g/mol. The maximum atomic E-state index is 12.9. The van der Waals surface area contributed by atoms with E-state index in [9.17, 15) is 14.7 Å². The molecule has 0 spiro atoms. The number of aromatic amines is 1. The molecule has 0 bridgehead atoms. The summed E-state index contributed by atoms with van der Waals surface area (Å²) in [6.07, 6.45) is 7.99. The van der Waals surface area contributed by atoms with Crippen LogP contribution in [-0.2, 0) is 56.8 Å². The van der Waals surface area contributed by atoms with Crippen molar-refractivity contribution in [3.63, 3.8) is 0 Å². The van der Waals surface area contributed by atoms with Crippen LogP contribution in [0.4, 0.5) is 0 Å². The first-order valence-electron chi connectivity index (χ1n) is 20.5. The molecule has 1 unspecified atom stereocenters. The molecule has 3 aromatic carbocycles. The highest BCUT2D eigenvalue weighted by Gasteiger charge is 2.33. The average Bonchev–Trinajstić information content (AvgIpc) is 3.99. The summed E-state index contributed by atoms with van der Waals surface area (Å²) in [7, 11) is 1.97. The fourth-order valence-corrected chi connectivity index (χ4v) is 7.67. The number of hydrogen-bond donors (Lipinski definition) is 5. The Hall–Kier alpha value is -5.51. The number of hydrogen-bond acceptors (Lipinski definition) is 9. The Morgan fingerprint density at radius 1 is 0.898 bits per heavy atom. The highest BCUT2D eigenvalue weighted by Crippen LogP contribution is 2.38. The number of amides is 2. The number of carbonyl (C=O) groups excluding carboxylic acids is 2. The molecule has 1 aliphatic rings. The van der Waals surface area contributed by atoms with E-state index in [0.717, 1.165) is 57.3 Å².